The molecule has 0 aliphatic rings. The van der Waals surface area contributed by atoms with Crippen molar-refractivity contribution in [2.24, 2.45) is 0 Å². The first kappa shape index (κ1) is 23.2. The number of aromatic nitrogens is 4. The lowest BCUT2D eigenvalue weighted by atomic mass is 10.1. The Kier molecular flexibility index (Phi) is 5.52. The van der Waals surface area contributed by atoms with Gasteiger partial charge in [0.2, 0.25) is 0 Å². The van der Waals surface area contributed by atoms with Crippen molar-refractivity contribution in [1.82, 2.24) is 19.6 Å². The number of pyridine rings is 1. The Morgan fingerprint density at radius 3 is 2.41 bits per heavy atom. The van der Waals surface area contributed by atoms with Gasteiger partial charge in [-0.05, 0) is 24.6 Å². The summed E-state index contributed by atoms with van der Waals surface area (Å²) >= 11 is 0. The minimum atomic E-state index is -4.88. The number of carbonyl (C=O) groups excluding carboxylic acids is 1. The van der Waals surface area contributed by atoms with Crippen LogP contribution in [-0.2, 0) is 16.0 Å². The number of carbonyl (C=O) groups is 1. The summed E-state index contributed by atoms with van der Waals surface area (Å²) in [7, 11) is -3.82. The highest BCUT2D eigenvalue weighted by molar-refractivity contribution is 7.90. The van der Waals surface area contributed by atoms with Crippen molar-refractivity contribution in [3.05, 3.63) is 76.0 Å². The summed E-state index contributed by atoms with van der Waals surface area (Å²) in [6.07, 6.45) is -2.78. The van der Waals surface area contributed by atoms with Gasteiger partial charge in [-0.1, -0.05) is 30.3 Å². The second-order valence-electron chi connectivity index (χ2n) is 7.36. The summed E-state index contributed by atoms with van der Waals surface area (Å²) in [6.45, 7) is 1.34. The smallest absolute Gasteiger partial charge is 0.342 e. The van der Waals surface area contributed by atoms with Crippen LogP contribution in [0.5, 0.6) is 0 Å². The number of hydrogen-bond acceptors (Lipinski definition) is 6. The number of hydrogen-bond donors (Lipinski definition) is 2. The lowest BCUT2D eigenvalue weighted by molar-refractivity contribution is -0.140. The molecule has 1 aromatic carbocycles. The molecular weight excluding hydrogens is 475 g/mol. The molecule has 0 aliphatic carbocycles. The second-order valence-corrected chi connectivity index (χ2v) is 9.29. The van der Waals surface area contributed by atoms with E-state index in [2.05, 4.69) is 20.4 Å². The predicted molar refractivity (Wildman–Crippen MR) is 116 cm³/mol. The Bertz CT molecular complexity index is 1590. The van der Waals surface area contributed by atoms with E-state index in [0.717, 1.165) is 6.26 Å². The van der Waals surface area contributed by atoms with Gasteiger partial charge in [-0.15, -0.1) is 0 Å². The van der Waals surface area contributed by atoms with Crippen molar-refractivity contribution in [1.29, 1.82) is 0 Å². The normalized spacial score (nSPS) is 12.1. The third kappa shape index (κ3) is 4.05. The van der Waals surface area contributed by atoms with Crippen LogP contribution in [0, 0.1) is 6.92 Å². The molecule has 34 heavy (non-hydrogen) atoms. The van der Waals surface area contributed by atoms with E-state index < -0.39 is 43.8 Å². The summed E-state index contributed by atoms with van der Waals surface area (Å²) < 4.78 is 65.7. The molecule has 9 nitrogen and oxygen atoms in total. The molecule has 4 rings (SSSR count). The molecule has 3 heterocycles. The van der Waals surface area contributed by atoms with Crippen LogP contribution in [0.25, 0.3) is 16.8 Å². The summed E-state index contributed by atoms with van der Waals surface area (Å²) in [4.78, 5) is 32.4. The highest BCUT2D eigenvalue weighted by Gasteiger charge is 2.39. The van der Waals surface area contributed by atoms with Gasteiger partial charge in [-0.3, -0.25) is 9.59 Å². The van der Waals surface area contributed by atoms with Gasteiger partial charge in [-0.2, -0.15) is 22.8 Å². The van der Waals surface area contributed by atoms with Crippen LogP contribution in [0.1, 0.15) is 21.7 Å². The molecule has 2 N–H and O–H groups in total. The predicted octanol–water partition coefficient (Wildman–Crippen LogP) is 3.07. The van der Waals surface area contributed by atoms with Crippen molar-refractivity contribution >= 4 is 27.1 Å². The molecule has 0 saturated heterocycles. The molecule has 0 spiro atoms. The molecule has 0 unspecified atom stereocenters. The average Bonchev–Trinajstić information content (AvgIpc) is 3.14. The maximum Gasteiger partial charge on any atom is 0.435 e. The third-order valence-corrected chi connectivity index (χ3v) is 5.93. The zero-order valence-electron chi connectivity index (χ0n) is 17.6. The molecule has 4 aromatic rings. The summed E-state index contributed by atoms with van der Waals surface area (Å²) in [5, 5.41) is 5.34. The summed E-state index contributed by atoms with van der Waals surface area (Å²) in [5.41, 5.74) is -3.57. The Balaban J connectivity index is 1.91. The zero-order valence-corrected chi connectivity index (χ0v) is 18.5. The Labute approximate surface area is 190 Å². The maximum atomic E-state index is 13.8. The number of amides is 1. The van der Waals surface area contributed by atoms with Crippen LogP contribution >= 0.6 is 0 Å². The van der Waals surface area contributed by atoms with E-state index in [1.54, 1.807) is 18.2 Å². The molecule has 0 fully saturated rings. The number of benzene rings is 1. The number of fused-ring (bicyclic) bond motifs is 1. The first-order valence-electron chi connectivity index (χ1n) is 9.64. The molecule has 0 bridgehead atoms. The highest BCUT2D eigenvalue weighted by Crippen LogP contribution is 2.38. The lowest BCUT2D eigenvalue weighted by Gasteiger charge is -2.11. The van der Waals surface area contributed by atoms with E-state index in [1.807, 2.05) is 0 Å². The second kappa shape index (κ2) is 8.09. The molecular formula is C21H16F3N5O4S. The molecule has 13 heteroatoms. The third-order valence-electron chi connectivity index (χ3n) is 4.90. The zero-order chi connectivity index (χ0) is 24.8. The number of alkyl halides is 3. The molecule has 1 amide bonds. The standard InChI is InChI=1S/C21H16F3N5O4S/c1-11-14(18(30)27-13-9-6-10-25-19(13)34(2,32)33)20(31)29-17(26-11)15(12-7-4-3-5-8-12)16(28-29)21(22,23)24/h3-10,26H,1-2H3,(H,27,30). The van der Waals surface area contributed by atoms with Crippen molar-refractivity contribution < 1.29 is 26.4 Å². The number of aromatic amines is 1. The average molecular weight is 491 g/mol. The molecule has 3 aromatic heterocycles. The number of sulfone groups is 1. The van der Waals surface area contributed by atoms with Crippen LogP contribution in [0.4, 0.5) is 18.9 Å². The minimum Gasteiger partial charge on any atom is -0.342 e. The van der Waals surface area contributed by atoms with E-state index >= 15 is 0 Å². The van der Waals surface area contributed by atoms with Crippen LogP contribution in [-0.4, -0.2) is 40.2 Å². The quantitative estimate of drug-likeness (QED) is 0.452. The number of halogens is 3. The Morgan fingerprint density at radius 2 is 1.79 bits per heavy atom. The van der Waals surface area contributed by atoms with E-state index in [0.29, 0.717) is 4.52 Å². The maximum absolute atomic E-state index is 13.8. The molecule has 0 aliphatic heterocycles. The lowest BCUT2D eigenvalue weighted by Crippen LogP contribution is -2.29. The largest absolute Gasteiger partial charge is 0.435 e. The van der Waals surface area contributed by atoms with Crippen LogP contribution in [0.15, 0.2) is 58.5 Å². The summed E-state index contributed by atoms with van der Waals surface area (Å²) in [5.74, 6) is -1.04. The van der Waals surface area contributed by atoms with Crippen molar-refractivity contribution in [3.8, 4) is 11.1 Å². The van der Waals surface area contributed by atoms with Gasteiger partial charge in [0.15, 0.2) is 20.6 Å². The molecule has 0 atom stereocenters. The first-order valence-corrected chi connectivity index (χ1v) is 11.5. The highest BCUT2D eigenvalue weighted by atomic mass is 32.2. The van der Waals surface area contributed by atoms with Gasteiger partial charge < -0.3 is 10.3 Å². The summed E-state index contributed by atoms with van der Waals surface area (Å²) in [6, 6.07) is 10.2. The number of aryl methyl sites for hydroxylation is 1. The molecule has 176 valence electrons. The van der Waals surface area contributed by atoms with E-state index in [1.165, 1.54) is 37.4 Å². The van der Waals surface area contributed by atoms with Crippen LogP contribution in [0.3, 0.4) is 0 Å². The SMILES string of the molecule is Cc1[nH]c2c(-c3ccccc3)c(C(F)(F)F)nn2c(=O)c1C(=O)Nc1cccnc1S(C)(=O)=O. The van der Waals surface area contributed by atoms with Crippen molar-refractivity contribution in [3.63, 3.8) is 0 Å². The number of nitrogens with one attached hydrogen (secondary N) is 2. The van der Waals surface area contributed by atoms with Crippen LogP contribution < -0.4 is 10.9 Å². The van der Waals surface area contributed by atoms with Crippen LogP contribution in [0.2, 0.25) is 0 Å². The van der Waals surface area contributed by atoms with Gasteiger partial charge in [-0.25, -0.2) is 13.4 Å². The van der Waals surface area contributed by atoms with Gasteiger partial charge in [0.25, 0.3) is 11.5 Å². The number of rotatable bonds is 4. The van der Waals surface area contributed by atoms with Gasteiger partial charge in [0.1, 0.15) is 11.2 Å². The molecule has 0 saturated carbocycles. The number of anilines is 1. The Hall–Kier alpha value is -4.00. The fraction of sp³-hybridized carbons (Fsp3) is 0.143. The van der Waals surface area contributed by atoms with Gasteiger partial charge in [0.05, 0.1) is 11.3 Å². The first-order chi connectivity index (χ1) is 15.9. The topological polar surface area (TPSA) is 126 Å². The monoisotopic (exact) mass is 491 g/mol. The van der Waals surface area contributed by atoms with Gasteiger partial charge in [0, 0.05) is 18.1 Å². The molecule has 0 radical (unpaired) electrons. The van der Waals surface area contributed by atoms with E-state index in [4.69, 9.17) is 0 Å². The van der Waals surface area contributed by atoms with Crippen molar-refractivity contribution in [2.45, 2.75) is 18.1 Å². The number of H-pyrrole nitrogens is 1. The fourth-order valence-electron chi connectivity index (χ4n) is 3.50. The Morgan fingerprint density at radius 1 is 1.12 bits per heavy atom. The van der Waals surface area contributed by atoms with E-state index in [9.17, 15) is 31.2 Å². The van der Waals surface area contributed by atoms with Crippen molar-refractivity contribution in [2.75, 3.05) is 11.6 Å². The minimum absolute atomic E-state index is 0.0365. The fourth-order valence-corrected chi connectivity index (χ4v) is 4.27. The number of nitrogens with zero attached hydrogens (tertiary/aromatic N) is 3. The van der Waals surface area contributed by atoms with Gasteiger partial charge >= 0.3 is 6.18 Å². The van der Waals surface area contributed by atoms with E-state index in [-0.39, 0.29) is 28.2 Å².